The number of fused-ring (bicyclic) bond motifs is 1. The normalized spacial score (nSPS) is 20.1. The van der Waals surface area contributed by atoms with E-state index in [0.29, 0.717) is 19.7 Å². The molecule has 0 amide bonds. The van der Waals surface area contributed by atoms with Gasteiger partial charge in [-0.2, -0.15) is 13.9 Å². The van der Waals surface area contributed by atoms with E-state index >= 15 is 0 Å². The van der Waals surface area contributed by atoms with Gasteiger partial charge >= 0.3 is 6.61 Å². The van der Waals surface area contributed by atoms with Gasteiger partial charge in [-0.1, -0.05) is 0 Å². The lowest BCUT2D eigenvalue weighted by atomic mass is 9.96. The summed E-state index contributed by atoms with van der Waals surface area (Å²) in [5.74, 6) is 0.123. The summed E-state index contributed by atoms with van der Waals surface area (Å²) in [4.78, 5) is 6.74. The Morgan fingerprint density at radius 2 is 2.11 bits per heavy atom. The summed E-state index contributed by atoms with van der Waals surface area (Å²) < 4.78 is 37.8. The maximum Gasteiger partial charge on any atom is 0.387 e. The highest BCUT2D eigenvalue weighted by atomic mass is 19.3. The van der Waals surface area contributed by atoms with Crippen LogP contribution in [0.1, 0.15) is 18.2 Å². The standard InChI is InChI=1S/C20H22F2N4O2/c1-13-8-18(16-9-15(28-19(21)22)4-5-17(16)24-13)26-6-7-27-20(2,12-26)14-10-23-25(3)11-14/h4-5,8-11,19H,6-7,12H2,1-3H3. The highest BCUT2D eigenvalue weighted by Crippen LogP contribution is 2.36. The molecular formula is C20H22F2N4O2. The third-order valence-corrected chi connectivity index (χ3v) is 5.04. The lowest BCUT2D eigenvalue weighted by molar-refractivity contribution is -0.0497. The molecule has 1 aliphatic heterocycles. The Balaban J connectivity index is 1.74. The molecular weight excluding hydrogens is 366 g/mol. The number of nitrogens with zero attached hydrogens (tertiary/aromatic N) is 4. The van der Waals surface area contributed by atoms with Crippen LogP contribution >= 0.6 is 0 Å². The van der Waals surface area contributed by atoms with Gasteiger partial charge in [0.05, 0.1) is 24.9 Å². The number of anilines is 1. The molecule has 0 radical (unpaired) electrons. The first-order chi connectivity index (χ1) is 13.3. The van der Waals surface area contributed by atoms with Crippen LogP contribution in [-0.4, -0.2) is 41.1 Å². The van der Waals surface area contributed by atoms with Crippen LogP contribution in [0.5, 0.6) is 5.75 Å². The van der Waals surface area contributed by atoms with E-state index in [1.807, 2.05) is 39.4 Å². The molecule has 1 unspecified atom stereocenters. The number of ether oxygens (including phenoxy) is 2. The quantitative estimate of drug-likeness (QED) is 0.683. The number of aromatic nitrogens is 3. The van der Waals surface area contributed by atoms with Crippen molar-refractivity contribution in [3.63, 3.8) is 0 Å². The van der Waals surface area contributed by atoms with Crippen LogP contribution in [0.25, 0.3) is 10.9 Å². The van der Waals surface area contributed by atoms with Gasteiger partial charge in [-0.3, -0.25) is 9.67 Å². The molecule has 8 heteroatoms. The molecule has 3 aromatic rings. The highest BCUT2D eigenvalue weighted by molar-refractivity contribution is 5.93. The minimum Gasteiger partial charge on any atom is -0.435 e. The number of benzene rings is 1. The summed E-state index contributed by atoms with van der Waals surface area (Å²) in [6.45, 7) is 2.94. The van der Waals surface area contributed by atoms with Crippen molar-refractivity contribution in [2.24, 2.45) is 7.05 Å². The zero-order valence-corrected chi connectivity index (χ0v) is 16.0. The first-order valence-electron chi connectivity index (χ1n) is 9.08. The average molecular weight is 388 g/mol. The highest BCUT2D eigenvalue weighted by Gasteiger charge is 2.35. The van der Waals surface area contributed by atoms with E-state index in [0.717, 1.165) is 27.8 Å². The van der Waals surface area contributed by atoms with Crippen LogP contribution in [0, 0.1) is 6.92 Å². The smallest absolute Gasteiger partial charge is 0.387 e. The fourth-order valence-electron chi connectivity index (χ4n) is 3.70. The lowest BCUT2D eigenvalue weighted by Crippen LogP contribution is -2.48. The maximum absolute atomic E-state index is 12.7. The molecule has 0 N–H and O–H groups in total. The molecule has 3 heterocycles. The van der Waals surface area contributed by atoms with E-state index in [-0.39, 0.29) is 5.75 Å². The molecule has 1 aromatic carbocycles. The van der Waals surface area contributed by atoms with E-state index in [9.17, 15) is 8.78 Å². The number of pyridine rings is 1. The predicted octanol–water partition coefficient (Wildman–Crippen LogP) is 3.63. The van der Waals surface area contributed by atoms with E-state index in [2.05, 4.69) is 19.7 Å². The lowest BCUT2D eigenvalue weighted by Gasteiger charge is -2.41. The molecule has 1 atom stereocenters. The van der Waals surface area contributed by atoms with Crippen molar-refractivity contribution >= 4 is 16.6 Å². The van der Waals surface area contributed by atoms with Crippen molar-refractivity contribution in [2.45, 2.75) is 26.1 Å². The summed E-state index contributed by atoms with van der Waals surface area (Å²) in [6.07, 6.45) is 3.77. The molecule has 4 rings (SSSR count). The van der Waals surface area contributed by atoms with Crippen molar-refractivity contribution < 1.29 is 18.3 Å². The van der Waals surface area contributed by atoms with Crippen molar-refractivity contribution in [3.05, 3.63) is 47.9 Å². The van der Waals surface area contributed by atoms with Gasteiger partial charge in [0, 0.05) is 42.1 Å². The molecule has 0 aliphatic carbocycles. The Labute approximate surface area is 161 Å². The summed E-state index contributed by atoms with van der Waals surface area (Å²) >= 11 is 0. The summed E-state index contributed by atoms with van der Waals surface area (Å²) in [7, 11) is 1.87. The molecule has 28 heavy (non-hydrogen) atoms. The van der Waals surface area contributed by atoms with Crippen LogP contribution < -0.4 is 9.64 Å². The van der Waals surface area contributed by atoms with Crippen LogP contribution in [0.15, 0.2) is 36.7 Å². The molecule has 2 aromatic heterocycles. The first-order valence-corrected chi connectivity index (χ1v) is 9.08. The van der Waals surface area contributed by atoms with Gasteiger partial charge in [0.15, 0.2) is 0 Å². The Bertz CT molecular complexity index is 1010. The topological polar surface area (TPSA) is 52.4 Å². The third kappa shape index (κ3) is 3.52. The summed E-state index contributed by atoms with van der Waals surface area (Å²) in [5, 5.41) is 5.04. The van der Waals surface area contributed by atoms with Crippen LogP contribution in [0.3, 0.4) is 0 Å². The van der Waals surface area contributed by atoms with Crippen molar-refractivity contribution in [3.8, 4) is 5.75 Å². The molecule has 6 nitrogen and oxygen atoms in total. The minimum absolute atomic E-state index is 0.123. The fraction of sp³-hybridized carbons (Fsp3) is 0.400. The Morgan fingerprint density at radius 1 is 1.29 bits per heavy atom. The van der Waals surface area contributed by atoms with Crippen molar-refractivity contribution in [1.29, 1.82) is 0 Å². The molecule has 0 bridgehead atoms. The SMILES string of the molecule is Cc1cc(N2CCOC(C)(c3cnn(C)c3)C2)c2cc(OC(F)F)ccc2n1. The van der Waals surface area contributed by atoms with Crippen LogP contribution in [0.2, 0.25) is 0 Å². The molecule has 148 valence electrons. The molecule has 0 spiro atoms. The number of hydrogen-bond acceptors (Lipinski definition) is 5. The second-order valence-corrected chi connectivity index (χ2v) is 7.24. The van der Waals surface area contributed by atoms with Gasteiger partial charge in [0.1, 0.15) is 11.4 Å². The van der Waals surface area contributed by atoms with Gasteiger partial charge in [-0.05, 0) is 38.1 Å². The fourth-order valence-corrected chi connectivity index (χ4v) is 3.70. The summed E-state index contributed by atoms with van der Waals surface area (Å²) in [6, 6.07) is 6.83. The van der Waals surface area contributed by atoms with E-state index in [4.69, 9.17) is 4.74 Å². The largest absolute Gasteiger partial charge is 0.435 e. The second-order valence-electron chi connectivity index (χ2n) is 7.24. The zero-order chi connectivity index (χ0) is 19.9. The first kappa shape index (κ1) is 18.6. The summed E-state index contributed by atoms with van der Waals surface area (Å²) in [5.41, 5.74) is 3.01. The minimum atomic E-state index is -2.86. The number of alkyl halides is 2. The Kier molecular flexibility index (Phi) is 4.66. The predicted molar refractivity (Wildman–Crippen MR) is 102 cm³/mol. The van der Waals surface area contributed by atoms with E-state index in [1.165, 1.54) is 6.07 Å². The van der Waals surface area contributed by atoms with Crippen LogP contribution in [0.4, 0.5) is 14.5 Å². The van der Waals surface area contributed by atoms with E-state index in [1.54, 1.807) is 16.8 Å². The number of morpholine rings is 1. The number of hydrogen-bond donors (Lipinski definition) is 0. The monoisotopic (exact) mass is 388 g/mol. The van der Waals surface area contributed by atoms with Crippen LogP contribution in [-0.2, 0) is 17.4 Å². The molecule has 1 aliphatic rings. The van der Waals surface area contributed by atoms with Crippen molar-refractivity contribution in [1.82, 2.24) is 14.8 Å². The van der Waals surface area contributed by atoms with Gasteiger partial charge in [0.2, 0.25) is 0 Å². The number of aryl methyl sites for hydroxylation is 2. The molecule has 0 saturated carbocycles. The number of halogens is 2. The Morgan fingerprint density at radius 3 is 2.82 bits per heavy atom. The van der Waals surface area contributed by atoms with Gasteiger partial charge in [0.25, 0.3) is 0 Å². The molecule has 1 saturated heterocycles. The molecule has 1 fully saturated rings. The third-order valence-electron chi connectivity index (χ3n) is 5.04. The number of rotatable bonds is 4. The zero-order valence-electron chi connectivity index (χ0n) is 16.0. The van der Waals surface area contributed by atoms with Gasteiger partial charge in [-0.15, -0.1) is 0 Å². The average Bonchev–Trinajstić information content (AvgIpc) is 3.08. The van der Waals surface area contributed by atoms with Crippen molar-refractivity contribution in [2.75, 3.05) is 24.6 Å². The second kappa shape index (κ2) is 7.01. The van der Waals surface area contributed by atoms with Gasteiger partial charge < -0.3 is 14.4 Å². The Hall–Kier alpha value is -2.74. The van der Waals surface area contributed by atoms with E-state index < -0.39 is 12.2 Å². The maximum atomic E-state index is 12.7. The van der Waals surface area contributed by atoms with Gasteiger partial charge in [-0.25, -0.2) is 0 Å².